The van der Waals surface area contributed by atoms with Crippen molar-refractivity contribution < 1.29 is 4.42 Å². The molecule has 0 aliphatic rings. The zero-order chi connectivity index (χ0) is 24.5. The van der Waals surface area contributed by atoms with Gasteiger partial charge in [-0.15, -0.1) is 11.3 Å². The van der Waals surface area contributed by atoms with Gasteiger partial charge in [-0.3, -0.25) is 0 Å². The normalized spacial score (nSPS) is 12.7. The molecule has 0 saturated heterocycles. The average Bonchev–Trinajstić information content (AvgIpc) is 3.32. The Morgan fingerprint density at radius 3 is 2.51 bits per heavy atom. The molecule has 0 bridgehead atoms. The van der Waals surface area contributed by atoms with E-state index in [4.69, 9.17) is 9.40 Å². The van der Waals surface area contributed by atoms with E-state index >= 15 is 0 Å². The smallest absolute Gasteiger partial charge is 0.136 e. The Labute approximate surface area is 209 Å². The third-order valence-electron chi connectivity index (χ3n) is 6.96. The molecule has 4 heteroatoms. The molecule has 0 spiro atoms. The molecule has 6 aromatic rings. The molecule has 0 aliphatic heterocycles. The molecule has 0 unspecified atom stereocenters. The van der Waals surface area contributed by atoms with Crippen LogP contribution in [0.25, 0.3) is 53.3 Å². The van der Waals surface area contributed by atoms with Gasteiger partial charge >= 0.3 is 0 Å². The molecule has 3 aromatic heterocycles. The number of benzene rings is 3. The lowest BCUT2D eigenvalue weighted by molar-refractivity contribution is 0.496. The second-order valence-electron chi connectivity index (χ2n) is 11.1. The summed E-state index contributed by atoms with van der Waals surface area (Å²) in [6.07, 6.45) is 2.66. The Morgan fingerprint density at radius 1 is 0.943 bits per heavy atom. The SMILES string of the molecule is Cc1c(CC(C)C)oc2cc3sc4ncnc(-c5cc(C(C)(C)C)c6ccccc6c5)c4c3cc12. The molecule has 176 valence electrons. The Kier molecular flexibility index (Phi) is 5.01. The maximum Gasteiger partial charge on any atom is 0.136 e. The fraction of sp³-hybridized carbons (Fsp3) is 0.290. The molecule has 3 nitrogen and oxygen atoms in total. The van der Waals surface area contributed by atoms with Crippen LogP contribution < -0.4 is 0 Å². The largest absolute Gasteiger partial charge is 0.461 e. The van der Waals surface area contributed by atoms with Crippen LogP contribution in [-0.2, 0) is 11.8 Å². The Balaban J connectivity index is 1.65. The molecular formula is C31H30N2OS. The average molecular weight is 479 g/mol. The van der Waals surface area contributed by atoms with E-state index in [0.717, 1.165) is 39.2 Å². The fourth-order valence-corrected chi connectivity index (χ4v) is 6.28. The maximum atomic E-state index is 6.30. The van der Waals surface area contributed by atoms with Gasteiger partial charge in [-0.2, -0.15) is 0 Å². The first kappa shape index (κ1) is 22.2. The molecular weight excluding hydrogens is 448 g/mol. The zero-order valence-corrected chi connectivity index (χ0v) is 22.0. The van der Waals surface area contributed by atoms with Gasteiger partial charge in [0.2, 0.25) is 0 Å². The maximum absolute atomic E-state index is 6.30. The Morgan fingerprint density at radius 2 is 1.74 bits per heavy atom. The summed E-state index contributed by atoms with van der Waals surface area (Å²) in [6.45, 7) is 13.5. The van der Waals surface area contributed by atoms with Gasteiger partial charge < -0.3 is 4.42 Å². The highest BCUT2D eigenvalue weighted by atomic mass is 32.1. The van der Waals surface area contributed by atoms with Crippen molar-refractivity contribution in [2.45, 2.75) is 53.4 Å². The second-order valence-corrected chi connectivity index (χ2v) is 12.1. The predicted octanol–water partition coefficient (Wildman–Crippen LogP) is 9.22. The number of hydrogen-bond donors (Lipinski definition) is 0. The van der Waals surface area contributed by atoms with Crippen molar-refractivity contribution in [2.75, 3.05) is 0 Å². The van der Waals surface area contributed by atoms with Gasteiger partial charge in [0.15, 0.2) is 0 Å². The Hall–Kier alpha value is -3.24. The molecule has 35 heavy (non-hydrogen) atoms. The first-order valence-electron chi connectivity index (χ1n) is 12.3. The van der Waals surface area contributed by atoms with E-state index < -0.39 is 0 Å². The van der Waals surface area contributed by atoms with Crippen LogP contribution in [0.3, 0.4) is 0 Å². The lowest BCUT2D eigenvalue weighted by Gasteiger charge is -2.22. The van der Waals surface area contributed by atoms with Crippen molar-refractivity contribution in [3.05, 3.63) is 71.7 Å². The summed E-state index contributed by atoms with van der Waals surface area (Å²) >= 11 is 1.72. The minimum absolute atomic E-state index is 0.0192. The van der Waals surface area contributed by atoms with Crippen LogP contribution >= 0.6 is 11.3 Å². The molecule has 0 atom stereocenters. The van der Waals surface area contributed by atoms with Gasteiger partial charge in [0.25, 0.3) is 0 Å². The lowest BCUT2D eigenvalue weighted by atomic mass is 9.82. The highest BCUT2D eigenvalue weighted by Crippen LogP contribution is 2.43. The summed E-state index contributed by atoms with van der Waals surface area (Å²) in [6, 6.07) is 17.8. The van der Waals surface area contributed by atoms with Crippen LogP contribution in [0.15, 0.2) is 59.3 Å². The van der Waals surface area contributed by atoms with Crippen LogP contribution in [0.4, 0.5) is 0 Å². The number of fused-ring (bicyclic) bond motifs is 5. The topological polar surface area (TPSA) is 38.9 Å². The molecule has 0 amide bonds. The van der Waals surface area contributed by atoms with Crippen molar-refractivity contribution in [3.8, 4) is 11.3 Å². The molecule has 0 fully saturated rings. The molecule has 0 aliphatic carbocycles. The van der Waals surface area contributed by atoms with E-state index in [1.54, 1.807) is 17.7 Å². The van der Waals surface area contributed by atoms with Crippen LogP contribution in [0.2, 0.25) is 0 Å². The van der Waals surface area contributed by atoms with Crippen molar-refractivity contribution in [2.24, 2.45) is 5.92 Å². The van der Waals surface area contributed by atoms with E-state index in [9.17, 15) is 0 Å². The quantitative estimate of drug-likeness (QED) is 0.254. The third-order valence-corrected chi connectivity index (χ3v) is 8.02. The van der Waals surface area contributed by atoms with Gasteiger partial charge in [-0.1, -0.05) is 58.9 Å². The summed E-state index contributed by atoms with van der Waals surface area (Å²) in [4.78, 5) is 10.5. The molecule has 3 aromatic carbocycles. The summed E-state index contributed by atoms with van der Waals surface area (Å²) in [5.74, 6) is 1.65. The lowest BCUT2D eigenvalue weighted by Crippen LogP contribution is -2.12. The zero-order valence-electron chi connectivity index (χ0n) is 21.2. The number of aromatic nitrogens is 2. The van der Waals surface area contributed by atoms with E-state index in [1.165, 1.54) is 37.4 Å². The summed E-state index contributed by atoms with van der Waals surface area (Å²) in [5, 5.41) is 6.08. The van der Waals surface area contributed by atoms with E-state index in [2.05, 4.69) is 95.1 Å². The fourth-order valence-electron chi connectivity index (χ4n) is 5.22. The standard InChI is InChI=1S/C31H30N2OS/c1-17(2)11-25-18(3)22-14-23-27(15-26(22)34-25)35-30-28(23)29(32-16-33-30)20-12-19-9-7-8-10-21(19)24(13-20)31(4,5)6/h7-10,12-17H,11H2,1-6H3. The van der Waals surface area contributed by atoms with Crippen molar-refractivity contribution in [3.63, 3.8) is 0 Å². The van der Waals surface area contributed by atoms with Crippen LogP contribution in [0, 0.1) is 12.8 Å². The van der Waals surface area contributed by atoms with Gasteiger partial charge in [-0.05, 0) is 64.4 Å². The summed E-state index contributed by atoms with van der Waals surface area (Å²) in [5.41, 5.74) is 5.71. The number of nitrogens with zero attached hydrogens (tertiary/aromatic N) is 2. The van der Waals surface area contributed by atoms with Crippen LogP contribution in [0.5, 0.6) is 0 Å². The highest BCUT2D eigenvalue weighted by Gasteiger charge is 2.21. The number of aryl methyl sites for hydroxylation is 1. The minimum atomic E-state index is 0.0192. The van der Waals surface area contributed by atoms with Crippen LogP contribution in [0.1, 0.15) is 51.5 Å². The first-order chi connectivity index (χ1) is 16.7. The number of hydrogen-bond acceptors (Lipinski definition) is 4. The second kappa shape index (κ2) is 7.89. The van der Waals surface area contributed by atoms with Crippen LogP contribution in [-0.4, -0.2) is 9.97 Å². The molecule has 6 rings (SSSR count). The summed E-state index contributed by atoms with van der Waals surface area (Å²) < 4.78 is 7.49. The molecule has 0 saturated carbocycles. The van der Waals surface area contributed by atoms with Gasteiger partial charge in [0.1, 0.15) is 22.5 Å². The third kappa shape index (κ3) is 3.63. The van der Waals surface area contributed by atoms with E-state index in [-0.39, 0.29) is 5.41 Å². The van der Waals surface area contributed by atoms with E-state index in [0.29, 0.717) is 5.92 Å². The first-order valence-corrected chi connectivity index (χ1v) is 13.1. The molecule has 0 radical (unpaired) electrons. The van der Waals surface area contributed by atoms with Crippen molar-refractivity contribution in [1.29, 1.82) is 0 Å². The number of rotatable bonds is 3. The molecule has 3 heterocycles. The number of thiophene rings is 1. The van der Waals surface area contributed by atoms with E-state index in [1.807, 2.05) is 0 Å². The predicted molar refractivity (Wildman–Crippen MR) is 150 cm³/mol. The Bertz CT molecular complexity index is 1750. The highest BCUT2D eigenvalue weighted by molar-refractivity contribution is 7.25. The monoisotopic (exact) mass is 478 g/mol. The van der Waals surface area contributed by atoms with Crippen molar-refractivity contribution in [1.82, 2.24) is 9.97 Å². The van der Waals surface area contributed by atoms with Gasteiger partial charge in [-0.25, -0.2) is 9.97 Å². The number of furan rings is 1. The molecule has 0 N–H and O–H groups in total. The van der Waals surface area contributed by atoms with Gasteiger partial charge in [0.05, 0.1) is 5.69 Å². The summed E-state index contributed by atoms with van der Waals surface area (Å²) in [7, 11) is 0. The minimum Gasteiger partial charge on any atom is -0.461 e. The van der Waals surface area contributed by atoms with Gasteiger partial charge in [0, 0.05) is 32.8 Å². The van der Waals surface area contributed by atoms with Crippen molar-refractivity contribution >= 4 is 53.4 Å².